The predicted molar refractivity (Wildman–Crippen MR) is 82.3 cm³/mol. The summed E-state index contributed by atoms with van der Waals surface area (Å²) in [6.07, 6.45) is -1.18. The van der Waals surface area contributed by atoms with Crippen molar-refractivity contribution in [2.75, 3.05) is 6.54 Å². The maximum absolute atomic E-state index is 13.9. The molecule has 0 fully saturated rings. The van der Waals surface area contributed by atoms with Gasteiger partial charge in [0.05, 0.1) is 6.10 Å². The topological polar surface area (TPSA) is 46.2 Å². The van der Waals surface area contributed by atoms with Gasteiger partial charge in [0.2, 0.25) is 0 Å². The van der Waals surface area contributed by atoms with Gasteiger partial charge in [-0.2, -0.15) is 0 Å². The molecule has 0 radical (unpaired) electrons. The molecule has 0 bridgehead atoms. The van der Waals surface area contributed by atoms with Crippen molar-refractivity contribution in [1.29, 1.82) is 0 Å². The molecule has 2 unspecified atom stereocenters. The molecular formula is C15H13BrClF2NO. The Kier molecular flexibility index (Phi) is 5.32. The van der Waals surface area contributed by atoms with Crippen molar-refractivity contribution in [1.82, 2.24) is 0 Å². The molecule has 2 atom stereocenters. The van der Waals surface area contributed by atoms with Crippen LogP contribution in [0.15, 0.2) is 40.9 Å². The number of nitrogens with two attached hydrogens (primary N) is 1. The minimum absolute atomic E-state index is 0.0402. The Morgan fingerprint density at radius 1 is 1.14 bits per heavy atom. The Morgan fingerprint density at radius 3 is 2.48 bits per heavy atom. The zero-order chi connectivity index (χ0) is 15.6. The third-order valence-electron chi connectivity index (χ3n) is 3.27. The van der Waals surface area contributed by atoms with Crippen molar-refractivity contribution in [2.45, 2.75) is 12.0 Å². The quantitative estimate of drug-likeness (QED) is 0.842. The molecular weight excluding hydrogens is 364 g/mol. The summed E-state index contributed by atoms with van der Waals surface area (Å²) in [5.41, 5.74) is 6.28. The average molecular weight is 377 g/mol. The molecule has 0 spiro atoms. The van der Waals surface area contributed by atoms with Crippen molar-refractivity contribution in [2.24, 2.45) is 5.73 Å². The Bertz CT molecular complexity index is 654. The summed E-state index contributed by atoms with van der Waals surface area (Å²) in [7, 11) is 0. The van der Waals surface area contributed by atoms with Crippen molar-refractivity contribution in [3.63, 3.8) is 0 Å². The molecule has 0 saturated carbocycles. The molecule has 0 aliphatic rings. The highest BCUT2D eigenvalue weighted by molar-refractivity contribution is 9.10. The van der Waals surface area contributed by atoms with E-state index in [9.17, 15) is 13.9 Å². The van der Waals surface area contributed by atoms with Gasteiger partial charge in [-0.05, 0) is 35.9 Å². The van der Waals surface area contributed by atoms with E-state index in [0.29, 0.717) is 10.0 Å². The summed E-state index contributed by atoms with van der Waals surface area (Å²) in [6.45, 7) is 0.0402. The van der Waals surface area contributed by atoms with Gasteiger partial charge in [-0.3, -0.25) is 0 Å². The lowest BCUT2D eigenvalue weighted by Crippen LogP contribution is -2.21. The van der Waals surface area contributed by atoms with Crippen LogP contribution in [-0.4, -0.2) is 11.7 Å². The van der Waals surface area contributed by atoms with Crippen LogP contribution in [-0.2, 0) is 0 Å². The van der Waals surface area contributed by atoms with Gasteiger partial charge in [0, 0.05) is 27.5 Å². The van der Waals surface area contributed by atoms with Gasteiger partial charge in [-0.25, -0.2) is 8.78 Å². The minimum Gasteiger partial charge on any atom is -0.388 e. The van der Waals surface area contributed by atoms with Crippen LogP contribution in [0.1, 0.15) is 23.1 Å². The molecule has 0 heterocycles. The van der Waals surface area contributed by atoms with Gasteiger partial charge in [0.1, 0.15) is 11.6 Å². The predicted octanol–water partition coefficient (Wildman–Crippen LogP) is 4.16. The molecule has 0 aliphatic carbocycles. The zero-order valence-corrected chi connectivity index (χ0v) is 13.2. The smallest absolute Gasteiger partial charge is 0.129 e. The van der Waals surface area contributed by atoms with E-state index in [0.717, 1.165) is 6.07 Å². The van der Waals surface area contributed by atoms with Gasteiger partial charge in [-0.1, -0.05) is 33.6 Å². The lowest BCUT2D eigenvalue weighted by atomic mass is 9.89. The Morgan fingerprint density at radius 2 is 1.86 bits per heavy atom. The molecule has 6 heteroatoms. The molecule has 2 aromatic rings. The van der Waals surface area contributed by atoms with Crippen molar-refractivity contribution in [3.05, 3.63) is 68.7 Å². The maximum Gasteiger partial charge on any atom is 0.129 e. The number of hydrogen-bond donors (Lipinski definition) is 2. The Labute approximate surface area is 134 Å². The number of hydrogen-bond acceptors (Lipinski definition) is 2. The summed E-state index contributed by atoms with van der Waals surface area (Å²) in [6, 6.07) is 8.10. The normalized spacial score (nSPS) is 14.0. The number of rotatable bonds is 4. The monoisotopic (exact) mass is 375 g/mol. The lowest BCUT2D eigenvalue weighted by Gasteiger charge is -2.23. The van der Waals surface area contributed by atoms with Gasteiger partial charge in [0.25, 0.3) is 0 Å². The summed E-state index contributed by atoms with van der Waals surface area (Å²) >= 11 is 9.23. The largest absolute Gasteiger partial charge is 0.388 e. The third-order valence-corrected chi connectivity index (χ3v) is 4.09. The first kappa shape index (κ1) is 16.4. The van der Waals surface area contributed by atoms with Crippen LogP contribution in [0, 0.1) is 11.6 Å². The van der Waals surface area contributed by atoms with Crippen LogP contribution in [0.4, 0.5) is 8.78 Å². The molecule has 0 amide bonds. The molecule has 2 aromatic carbocycles. The van der Waals surface area contributed by atoms with Gasteiger partial charge >= 0.3 is 0 Å². The first-order valence-electron chi connectivity index (χ1n) is 6.22. The van der Waals surface area contributed by atoms with Crippen LogP contribution < -0.4 is 5.73 Å². The fourth-order valence-corrected chi connectivity index (χ4v) is 2.87. The van der Waals surface area contributed by atoms with E-state index < -0.39 is 23.7 Å². The number of aliphatic hydroxyl groups excluding tert-OH is 1. The Hall–Kier alpha value is -1.01. The highest BCUT2D eigenvalue weighted by Crippen LogP contribution is 2.36. The SMILES string of the molecule is NCC(c1ccc(F)cc1Cl)C(O)c1cc(Br)ccc1F. The Balaban J connectivity index is 2.43. The number of aliphatic hydroxyl groups is 1. The standard InChI is InChI=1S/C15H13BrClF2NO/c16-8-1-4-14(19)11(5-8)15(21)12(7-20)10-3-2-9(18)6-13(10)17/h1-6,12,15,21H,7,20H2. The van der Waals surface area contributed by atoms with E-state index in [2.05, 4.69) is 15.9 Å². The second-order valence-corrected chi connectivity index (χ2v) is 5.94. The lowest BCUT2D eigenvalue weighted by molar-refractivity contribution is 0.143. The molecule has 112 valence electrons. The van der Waals surface area contributed by atoms with Gasteiger partial charge in [-0.15, -0.1) is 0 Å². The van der Waals surface area contributed by atoms with Crippen molar-refractivity contribution < 1.29 is 13.9 Å². The highest BCUT2D eigenvalue weighted by Gasteiger charge is 2.26. The molecule has 3 N–H and O–H groups in total. The molecule has 0 aromatic heterocycles. The van der Waals surface area contributed by atoms with Crippen molar-refractivity contribution in [3.8, 4) is 0 Å². The summed E-state index contributed by atoms with van der Waals surface area (Å²) in [5, 5.41) is 10.6. The van der Waals surface area contributed by atoms with Crippen molar-refractivity contribution >= 4 is 27.5 Å². The van der Waals surface area contributed by atoms with Crippen LogP contribution >= 0.6 is 27.5 Å². The molecule has 21 heavy (non-hydrogen) atoms. The number of benzene rings is 2. The van der Waals surface area contributed by atoms with E-state index >= 15 is 0 Å². The number of halogens is 4. The van der Waals surface area contributed by atoms with E-state index in [4.69, 9.17) is 17.3 Å². The van der Waals surface area contributed by atoms with E-state index in [1.165, 1.54) is 30.3 Å². The average Bonchev–Trinajstić information content (AvgIpc) is 2.44. The van der Waals surface area contributed by atoms with Crippen LogP contribution in [0.25, 0.3) is 0 Å². The fourth-order valence-electron chi connectivity index (χ4n) is 2.19. The summed E-state index contributed by atoms with van der Waals surface area (Å²) in [4.78, 5) is 0. The molecule has 2 nitrogen and oxygen atoms in total. The summed E-state index contributed by atoms with van der Waals surface area (Å²) < 4.78 is 27.6. The zero-order valence-electron chi connectivity index (χ0n) is 10.9. The van der Waals surface area contributed by atoms with E-state index in [1.807, 2.05) is 0 Å². The van der Waals surface area contributed by atoms with Crippen LogP contribution in [0.2, 0.25) is 5.02 Å². The second kappa shape index (κ2) is 6.83. The highest BCUT2D eigenvalue weighted by atomic mass is 79.9. The van der Waals surface area contributed by atoms with E-state index in [-0.39, 0.29) is 17.1 Å². The fraction of sp³-hybridized carbons (Fsp3) is 0.200. The molecule has 2 rings (SSSR count). The van der Waals surface area contributed by atoms with Crippen LogP contribution in [0.5, 0.6) is 0 Å². The molecule has 0 aliphatic heterocycles. The summed E-state index contributed by atoms with van der Waals surface area (Å²) in [5.74, 6) is -1.66. The first-order chi connectivity index (χ1) is 9.93. The maximum atomic E-state index is 13.9. The van der Waals surface area contributed by atoms with Crippen LogP contribution in [0.3, 0.4) is 0 Å². The molecule has 0 saturated heterocycles. The van der Waals surface area contributed by atoms with Gasteiger partial charge in [0.15, 0.2) is 0 Å². The third kappa shape index (κ3) is 3.61. The van der Waals surface area contributed by atoms with E-state index in [1.54, 1.807) is 0 Å². The minimum atomic E-state index is -1.18. The van der Waals surface area contributed by atoms with Gasteiger partial charge < -0.3 is 10.8 Å². The second-order valence-electron chi connectivity index (χ2n) is 4.62. The first-order valence-corrected chi connectivity index (χ1v) is 7.39.